The number of carbonyl (C=O) groups is 1. The second-order valence-corrected chi connectivity index (χ2v) is 8.72. The molecule has 0 unspecified atom stereocenters. The molecule has 7 heteroatoms. The van der Waals surface area contributed by atoms with Gasteiger partial charge in [0.1, 0.15) is 11.6 Å². The summed E-state index contributed by atoms with van der Waals surface area (Å²) in [6.45, 7) is 3.61. The third kappa shape index (κ3) is 5.72. The molecular formula is C27H30F2N4O. The Balaban J connectivity index is 1.48. The summed E-state index contributed by atoms with van der Waals surface area (Å²) in [5.74, 6) is -0.961. The summed E-state index contributed by atoms with van der Waals surface area (Å²) in [4.78, 5) is 19.3. The molecule has 0 aliphatic carbocycles. The number of halogens is 2. The molecule has 0 saturated carbocycles. The molecule has 1 saturated heterocycles. The number of nitrogens with one attached hydrogen (secondary N) is 1. The number of rotatable bonds is 7. The van der Waals surface area contributed by atoms with Crippen LogP contribution in [0.15, 0.2) is 72.8 Å². The van der Waals surface area contributed by atoms with Gasteiger partial charge in [0.25, 0.3) is 5.91 Å². The molecule has 1 atom stereocenters. The predicted molar refractivity (Wildman–Crippen MR) is 132 cm³/mol. The van der Waals surface area contributed by atoms with Gasteiger partial charge >= 0.3 is 0 Å². The summed E-state index contributed by atoms with van der Waals surface area (Å²) in [5.41, 5.74) is 3.53. The standard InChI is InChI=1S/C27H30F2N4O/c1-31(2)24-10-6-20(7-11-24)26(19-30-27(34)21-4-3-5-23(29)18-21)33-16-14-32(15-17-33)25-12-8-22(28)9-13-25/h3-13,18,26H,14-17,19H2,1-2H3,(H,30,34)/t26-/m0/s1. The van der Waals surface area contributed by atoms with Crippen LogP contribution >= 0.6 is 0 Å². The van der Waals surface area contributed by atoms with Crippen molar-refractivity contribution < 1.29 is 13.6 Å². The second kappa shape index (κ2) is 10.7. The van der Waals surface area contributed by atoms with E-state index in [9.17, 15) is 13.6 Å². The lowest BCUT2D eigenvalue weighted by Gasteiger charge is -2.40. The van der Waals surface area contributed by atoms with E-state index in [0.717, 1.165) is 43.1 Å². The first kappa shape index (κ1) is 23.7. The Morgan fingerprint density at radius 1 is 0.912 bits per heavy atom. The molecule has 1 aliphatic heterocycles. The molecule has 34 heavy (non-hydrogen) atoms. The molecule has 5 nitrogen and oxygen atoms in total. The van der Waals surface area contributed by atoms with Gasteiger partial charge in [-0.2, -0.15) is 0 Å². The highest BCUT2D eigenvalue weighted by Crippen LogP contribution is 2.26. The average molecular weight is 465 g/mol. The molecule has 3 aromatic carbocycles. The number of amides is 1. The Morgan fingerprint density at radius 3 is 2.21 bits per heavy atom. The van der Waals surface area contributed by atoms with Crippen molar-refractivity contribution in [1.29, 1.82) is 0 Å². The zero-order valence-corrected chi connectivity index (χ0v) is 19.5. The number of piperazine rings is 1. The van der Waals surface area contributed by atoms with Gasteiger partial charge in [-0.05, 0) is 60.2 Å². The highest BCUT2D eigenvalue weighted by atomic mass is 19.1. The minimum atomic E-state index is -0.430. The third-order valence-corrected chi connectivity index (χ3v) is 6.28. The van der Waals surface area contributed by atoms with Gasteiger partial charge in [0.15, 0.2) is 0 Å². The molecule has 1 heterocycles. The molecule has 4 rings (SSSR count). The van der Waals surface area contributed by atoms with Crippen LogP contribution in [0, 0.1) is 11.6 Å². The quantitative estimate of drug-likeness (QED) is 0.565. The van der Waals surface area contributed by atoms with Gasteiger partial charge < -0.3 is 15.1 Å². The normalized spacial score (nSPS) is 15.1. The molecule has 0 radical (unpaired) electrons. The van der Waals surface area contributed by atoms with Crippen LogP contribution in [0.5, 0.6) is 0 Å². The van der Waals surface area contributed by atoms with Crippen molar-refractivity contribution in [1.82, 2.24) is 10.2 Å². The Bertz CT molecular complexity index is 1090. The summed E-state index contributed by atoms with van der Waals surface area (Å²) in [6.07, 6.45) is 0. The van der Waals surface area contributed by atoms with Crippen molar-refractivity contribution in [2.75, 3.05) is 56.6 Å². The molecule has 1 amide bonds. The third-order valence-electron chi connectivity index (χ3n) is 6.28. The Morgan fingerprint density at radius 2 is 1.59 bits per heavy atom. The Hall–Kier alpha value is -3.45. The second-order valence-electron chi connectivity index (χ2n) is 8.72. The summed E-state index contributed by atoms with van der Waals surface area (Å²) >= 11 is 0. The van der Waals surface area contributed by atoms with Gasteiger partial charge in [0.05, 0.1) is 6.04 Å². The SMILES string of the molecule is CN(C)c1ccc([C@H](CNC(=O)c2cccc(F)c2)N2CCN(c3ccc(F)cc3)CC2)cc1. The first-order chi connectivity index (χ1) is 16.4. The first-order valence-electron chi connectivity index (χ1n) is 11.5. The molecule has 1 aliphatic rings. The van der Waals surface area contributed by atoms with Crippen LogP contribution in [0.4, 0.5) is 20.2 Å². The Labute approximate surface area is 199 Å². The van der Waals surface area contributed by atoms with Gasteiger partial charge in [-0.15, -0.1) is 0 Å². The van der Waals surface area contributed by atoms with Gasteiger partial charge in [-0.25, -0.2) is 8.78 Å². The van der Waals surface area contributed by atoms with Crippen molar-refractivity contribution in [3.63, 3.8) is 0 Å². The fraction of sp³-hybridized carbons (Fsp3) is 0.296. The van der Waals surface area contributed by atoms with Gasteiger partial charge in [-0.3, -0.25) is 9.69 Å². The Kier molecular flexibility index (Phi) is 7.43. The molecule has 0 bridgehead atoms. The van der Waals surface area contributed by atoms with Crippen LogP contribution in [0.25, 0.3) is 0 Å². The van der Waals surface area contributed by atoms with Crippen molar-refractivity contribution in [2.24, 2.45) is 0 Å². The maximum atomic E-state index is 13.6. The van der Waals surface area contributed by atoms with Crippen LogP contribution in [0.1, 0.15) is 22.0 Å². The molecule has 178 valence electrons. The lowest BCUT2D eigenvalue weighted by Crippen LogP contribution is -2.50. The predicted octanol–water partition coefficient (Wildman–Crippen LogP) is 4.32. The van der Waals surface area contributed by atoms with Crippen molar-refractivity contribution in [2.45, 2.75) is 6.04 Å². The number of nitrogens with zero attached hydrogens (tertiary/aromatic N) is 3. The zero-order valence-electron chi connectivity index (χ0n) is 19.5. The van der Waals surface area contributed by atoms with Crippen LogP contribution in [-0.2, 0) is 0 Å². The zero-order chi connectivity index (χ0) is 24.1. The summed E-state index contributed by atoms with van der Waals surface area (Å²) in [7, 11) is 4.00. The minimum Gasteiger partial charge on any atom is -0.378 e. The highest BCUT2D eigenvalue weighted by Gasteiger charge is 2.26. The number of anilines is 2. The lowest BCUT2D eigenvalue weighted by atomic mass is 10.0. The molecule has 1 fully saturated rings. The average Bonchev–Trinajstić information content (AvgIpc) is 2.85. The van der Waals surface area contributed by atoms with E-state index in [1.54, 1.807) is 6.07 Å². The van der Waals surface area contributed by atoms with E-state index >= 15 is 0 Å². The van der Waals surface area contributed by atoms with Crippen molar-refractivity contribution in [3.05, 3.63) is 95.6 Å². The maximum Gasteiger partial charge on any atom is 0.251 e. The van der Waals surface area contributed by atoms with Crippen molar-refractivity contribution >= 4 is 17.3 Å². The van der Waals surface area contributed by atoms with Crippen LogP contribution in [-0.4, -0.2) is 57.6 Å². The smallest absolute Gasteiger partial charge is 0.251 e. The van der Waals surface area contributed by atoms with E-state index in [0.29, 0.717) is 12.1 Å². The van der Waals surface area contributed by atoms with E-state index in [-0.39, 0.29) is 17.8 Å². The van der Waals surface area contributed by atoms with E-state index in [1.807, 2.05) is 31.1 Å². The summed E-state index contributed by atoms with van der Waals surface area (Å²) < 4.78 is 26.9. The summed E-state index contributed by atoms with van der Waals surface area (Å²) in [5, 5.41) is 3.00. The molecule has 0 aromatic heterocycles. The van der Waals surface area contributed by atoms with Crippen LogP contribution < -0.4 is 15.1 Å². The topological polar surface area (TPSA) is 38.8 Å². The van der Waals surface area contributed by atoms with Gasteiger partial charge in [-0.1, -0.05) is 18.2 Å². The van der Waals surface area contributed by atoms with Crippen LogP contribution in [0.3, 0.4) is 0 Å². The number of hydrogen-bond donors (Lipinski definition) is 1. The lowest BCUT2D eigenvalue weighted by molar-refractivity contribution is 0.0929. The molecule has 0 spiro atoms. The highest BCUT2D eigenvalue weighted by molar-refractivity contribution is 5.94. The largest absolute Gasteiger partial charge is 0.378 e. The molecule has 1 N–H and O–H groups in total. The van der Waals surface area contributed by atoms with E-state index in [4.69, 9.17) is 0 Å². The number of hydrogen-bond acceptors (Lipinski definition) is 4. The molecular weight excluding hydrogens is 434 g/mol. The summed E-state index contributed by atoms with van der Waals surface area (Å²) in [6, 6.07) is 20.6. The fourth-order valence-electron chi connectivity index (χ4n) is 4.32. The fourth-order valence-corrected chi connectivity index (χ4v) is 4.32. The molecule has 3 aromatic rings. The van der Waals surface area contributed by atoms with E-state index in [1.165, 1.54) is 30.3 Å². The van der Waals surface area contributed by atoms with Gasteiger partial charge in [0, 0.05) is 63.8 Å². The maximum absolute atomic E-state index is 13.6. The number of benzene rings is 3. The monoisotopic (exact) mass is 464 g/mol. The first-order valence-corrected chi connectivity index (χ1v) is 11.5. The van der Waals surface area contributed by atoms with E-state index in [2.05, 4.69) is 39.4 Å². The van der Waals surface area contributed by atoms with E-state index < -0.39 is 5.82 Å². The van der Waals surface area contributed by atoms with Crippen LogP contribution in [0.2, 0.25) is 0 Å². The minimum absolute atomic E-state index is 0.0240. The van der Waals surface area contributed by atoms with Crippen molar-refractivity contribution in [3.8, 4) is 0 Å². The van der Waals surface area contributed by atoms with Gasteiger partial charge in [0.2, 0.25) is 0 Å². The number of carbonyl (C=O) groups excluding carboxylic acids is 1.